The van der Waals surface area contributed by atoms with E-state index in [1.807, 2.05) is 71.3 Å². The number of nitrogens with zero attached hydrogens (tertiary/aromatic N) is 4. The van der Waals surface area contributed by atoms with E-state index in [0.29, 0.717) is 37.1 Å². The first-order valence-corrected chi connectivity index (χ1v) is 12.3. The van der Waals surface area contributed by atoms with Gasteiger partial charge in [-0.05, 0) is 42.4 Å². The van der Waals surface area contributed by atoms with Crippen LogP contribution in [0.1, 0.15) is 18.1 Å². The molecule has 8 heteroatoms. The summed E-state index contributed by atoms with van der Waals surface area (Å²) in [5.74, 6) is -0.0959. The van der Waals surface area contributed by atoms with Gasteiger partial charge in [0.2, 0.25) is 5.91 Å². The zero-order valence-corrected chi connectivity index (χ0v) is 20.8. The Labute approximate surface area is 210 Å². The molecule has 0 N–H and O–H groups in total. The smallest absolute Gasteiger partial charge is 0.281 e. The SMILES string of the molecule is CCc1cccc2c(/C=C3/C(=O)N(c4ccccc4)C(=S)N3C)cn(CC(=O)N3CCOCC3)c12. The van der Waals surface area contributed by atoms with Gasteiger partial charge in [-0.15, -0.1) is 0 Å². The number of hydrogen-bond donors (Lipinski definition) is 0. The molecule has 35 heavy (non-hydrogen) atoms. The number of carbonyl (C=O) groups is 2. The zero-order chi connectivity index (χ0) is 24.5. The molecule has 0 atom stereocenters. The third kappa shape index (κ3) is 4.24. The second-order valence-corrected chi connectivity index (χ2v) is 9.08. The molecule has 2 aliphatic rings. The first-order valence-electron chi connectivity index (χ1n) is 11.8. The number of aryl methyl sites for hydroxylation is 1. The van der Waals surface area contributed by atoms with Gasteiger partial charge in [0.1, 0.15) is 12.2 Å². The first-order chi connectivity index (χ1) is 17.0. The summed E-state index contributed by atoms with van der Waals surface area (Å²) in [7, 11) is 1.81. The quantitative estimate of drug-likeness (QED) is 0.405. The number of likely N-dealkylation sites (N-methyl/N-ethyl adjacent to an activating group) is 1. The number of morpholine rings is 1. The third-order valence-electron chi connectivity index (χ3n) is 6.63. The third-order valence-corrected chi connectivity index (χ3v) is 7.09. The predicted molar refractivity (Wildman–Crippen MR) is 141 cm³/mol. The number of fused-ring (bicyclic) bond motifs is 1. The minimum absolute atomic E-state index is 0.0702. The highest BCUT2D eigenvalue weighted by atomic mass is 32.1. The average molecular weight is 489 g/mol. The summed E-state index contributed by atoms with van der Waals surface area (Å²) in [6.45, 7) is 4.72. The summed E-state index contributed by atoms with van der Waals surface area (Å²) >= 11 is 5.61. The topological polar surface area (TPSA) is 58.0 Å². The van der Waals surface area contributed by atoms with Crippen molar-refractivity contribution in [2.24, 2.45) is 0 Å². The molecular weight excluding hydrogens is 460 g/mol. The molecule has 2 saturated heterocycles. The summed E-state index contributed by atoms with van der Waals surface area (Å²) in [5, 5.41) is 1.45. The maximum absolute atomic E-state index is 13.4. The van der Waals surface area contributed by atoms with Gasteiger partial charge < -0.3 is 19.1 Å². The van der Waals surface area contributed by atoms with Crippen LogP contribution in [-0.4, -0.2) is 64.6 Å². The summed E-state index contributed by atoms with van der Waals surface area (Å²) in [6, 6.07) is 15.6. The molecule has 2 fully saturated rings. The van der Waals surface area contributed by atoms with E-state index in [1.165, 1.54) is 0 Å². The molecule has 3 heterocycles. The minimum atomic E-state index is -0.166. The van der Waals surface area contributed by atoms with Crippen LogP contribution in [0.4, 0.5) is 5.69 Å². The number of para-hydroxylation sites is 2. The number of rotatable bonds is 5. The molecule has 0 aliphatic carbocycles. The number of carbonyl (C=O) groups excluding carboxylic acids is 2. The first kappa shape index (κ1) is 23.3. The van der Waals surface area contributed by atoms with E-state index in [-0.39, 0.29) is 18.4 Å². The number of amides is 2. The van der Waals surface area contributed by atoms with Crippen molar-refractivity contribution >= 4 is 51.8 Å². The normalized spacial score (nSPS) is 17.8. The highest BCUT2D eigenvalue weighted by molar-refractivity contribution is 7.80. The fourth-order valence-corrected chi connectivity index (χ4v) is 5.04. The number of ether oxygens (including phenoxy) is 1. The number of hydrogen-bond acceptors (Lipinski definition) is 4. The maximum Gasteiger partial charge on any atom is 0.281 e. The van der Waals surface area contributed by atoms with E-state index in [4.69, 9.17) is 17.0 Å². The van der Waals surface area contributed by atoms with Gasteiger partial charge in [-0.25, -0.2) is 0 Å². The van der Waals surface area contributed by atoms with Crippen LogP contribution >= 0.6 is 12.2 Å². The predicted octanol–water partition coefficient (Wildman–Crippen LogP) is 3.67. The van der Waals surface area contributed by atoms with Crippen molar-refractivity contribution in [1.29, 1.82) is 0 Å². The fourth-order valence-electron chi connectivity index (χ4n) is 4.76. The van der Waals surface area contributed by atoms with Crippen LogP contribution in [-0.2, 0) is 27.3 Å². The summed E-state index contributed by atoms with van der Waals surface area (Å²) in [4.78, 5) is 31.6. The molecule has 0 radical (unpaired) electrons. The molecule has 7 nitrogen and oxygen atoms in total. The molecule has 1 aromatic heterocycles. The van der Waals surface area contributed by atoms with Crippen LogP contribution < -0.4 is 4.90 Å². The van der Waals surface area contributed by atoms with Crippen LogP contribution in [0.25, 0.3) is 17.0 Å². The van der Waals surface area contributed by atoms with Gasteiger partial charge in [0.05, 0.1) is 24.4 Å². The summed E-state index contributed by atoms with van der Waals surface area (Å²) < 4.78 is 7.41. The zero-order valence-electron chi connectivity index (χ0n) is 19.9. The van der Waals surface area contributed by atoms with Gasteiger partial charge >= 0.3 is 0 Å². The molecule has 5 rings (SSSR count). The second kappa shape index (κ2) is 9.64. The van der Waals surface area contributed by atoms with Gasteiger partial charge in [0.15, 0.2) is 5.11 Å². The number of benzene rings is 2. The van der Waals surface area contributed by atoms with Crippen molar-refractivity contribution in [1.82, 2.24) is 14.4 Å². The molecular formula is C27H28N4O3S. The molecule has 2 aromatic carbocycles. The Morgan fingerprint density at radius 1 is 1.09 bits per heavy atom. The Balaban J connectivity index is 1.55. The Morgan fingerprint density at radius 3 is 2.54 bits per heavy atom. The van der Waals surface area contributed by atoms with Crippen molar-refractivity contribution in [3.05, 3.63) is 71.6 Å². The van der Waals surface area contributed by atoms with Crippen molar-refractivity contribution in [2.75, 3.05) is 38.3 Å². The van der Waals surface area contributed by atoms with E-state index < -0.39 is 0 Å². The molecule has 0 spiro atoms. The average Bonchev–Trinajstić information content (AvgIpc) is 3.34. The standard InChI is InChI=1S/C27H28N4O3S/c1-3-19-8-7-11-22-20(17-30(25(19)22)18-24(32)29-12-14-34-15-13-29)16-23-26(33)31(27(35)28(23)2)21-9-5-4-6-10-21/h4-11,16-17H,3,12-15,18H2,1-2H3/b23-16-. The molecule has 0 saturated carbocycles. The van der Waals surface area contributed by atoms with Gasteiger partial charge in [-0.3, -0.25) is 14.5 Å². The van der Waals surface area contributed by atoms with Gasteiger partial charge in [-0.1, -0.05) is 43.3 Å². The minimum Gasteiger partial charge on any atom is -0.378 e. The van der Waals surface area contributed by atoms with E-state index >= 15 is 0 Å². The summed E-state index contributed by atoms with van der Waals surface area (Å²) in [5.41, 5.74) is 4.32. The number of anilines is 1. The largest absolute Gasteiger partial charge is 0.378 e. The van der Waals surface area contributed by atoms with Crippen molar-refractivity contribution < 1.29 is 14.3 Å². The lowest BCUT2D eigenvalue weighted by Gasteiger charge is -2.27. The lowest BCUT2D eigenvalue weighted by Crippen LogP contribution is -2.42. The van der Waals surface area contributed by atoms with Gasteiger partial charge in [-0.2, -0.15) is 0 Å². The van der Waals surface area contributed by atoms with E-state index in [1.54, 1.807) is 9.80 Å². The van der Waals surface area contributed by atoms with Gasteiger partial charge in [0.25, 0.3) is 5.91 Å². The van der Waals surface area contributed by atoms with E-state index in [9.17, 15) is 9.59 Å². The molecule has 0 bridgehead atoms. The Bertz CT molecular complexity index is 1320. The van der Waals surface area contributed by atoms with Crippen LogP contribution in [0.3, 0.4) is 0 Å². The van der Waals surface area contributed by atoms with Gasteiger partial charge in [0, 0.05) is 37.3 Å². The highest BCUT2D eigenvalue weighted by Gasteiger charge is 2.37. The fraction of sp³-hybridized carbons (Fsp3) is 0.296. The number of aromatic nitrogens is 1. The van der Waals surface area contributed by atoms with E-state index in [0.717, 1.165) is 34.1 Å². The Kier molecular flexibility index (Phi) is 6.40. The van der Waals surface area contributed by atoms with Crippen molar-refractivity contribution in [3.63, 3.8) is 0 Å². The second-order valence-electron chi connectivity index (χ2n) is 8.72. The summed E-state index contributed by atoms with van der Waals surface area (Å²) in [6.07, 6.45) is 4.70. The van der Waals surface area contributed by atoms with Crippen LogP contribution in [0.5, 0.6) is 0 Å². The van der Waals surface area contributed by atoms with E-state index in [2.05, 4.69) is 13.0 Å². The molecule has 2 aliphatic heterocycles. The highest BCUT2D eigenvalue weighted by Crippen LogP contribution is 2.31. The lowest BCUT2D eigenvalue weighted by atomic mass is 10.1. The van der Waals surface area contributed by atoms with Crippen LogP contribution in [0.2, 0.25) is 0 Å². The Morgan fingerprint density at radius 2 is 1.83 bits per heavy atom. The van der Waals surface area contributed by atoms with Crippen molar-refractivity contribution in [3.8, 4) is 0 Å². The molecule has 3 aromatic rings. The Hall–Kier alpha value is -3.49. The monoisotopic (exact) mass is 488 g/mol. The molecule has 0 unspecified atom stereocenters. The molecule has 2 amide bonds. The molecule has 180 valence electrons. The van der Waals surface area contributed by atoms with Crippen LogP contribution in [0.15, 0.2) is 60.4 Å². The maximum atomic E-state index is 13.4. The number of thiocarbonyl (C=S) groups is 1. The lowest BCUT2D eigenvalue weighted by molar-refractivity contribution is -0.135. The van der Waals surface area contributed by atoms with Crippen LogP contribution in [0, 0.1) is 0 Å². The van der Waals surface area contributed by atoms with Crippen molar-refractivity contribution in [2.45, 2.75) is 19.9 Å².